The number of nitrogens with zero attached hydrogens (tertiary/aromatic N) is 1. The van der Waals surface area contributed by atoms with Gasteiger partial charge in [0.05, 0.1) is 7.11 Å². The Morgan fingerprint density at radius 1 is 1.37 bits per heavy atom. The summed E-state index contributed by atoms with van der Waals surface area (Å²) < 4.78 is 5.31. The molecule has 0 amide bonds. The second-order valence-electron chi connectivity index (χ2n) is 5.95. The smallest absolute Gasteiger partial charge is 0.163 e. The van der Waals surface area contributed by atoms with Gasteiger partial charge in [-0.05, 0) is 62.7 Å². The Kier molecular flexibility index (Phi) is 3.95. The summed E-state index contributed by atoms with van der Waals surface area (Å²) in [4.78, 5) is 14.3. The number of Topliss-reactive ketones (excluding diaryl/α,β-unsaturated/α-hetero) is 1. The molecule has 1 aliphatic carbocycles. The molecule has 0 N–H and O–H groups in total. The molecule has 0 aromatic heterocycles. The van der Waals surface area contributed by atoms with E-state index in [1.165, 1.54) is 0 Å². The third-order valence-electron chi connectivity index (χ3n) is 4.19. The first kappa shape index (κ1) is 14.1. The maximum absolute atomic E-state index is 12.1. The molecule has 0 heterocycles. The average Bonchev–Trinajstić information content (AvgIpc) is 2.41. The van der Waals surface area contributed by atoms with E-state index >= 15 is 0 Å². The lowest BCUT2D eigenvalue weighted by atomic mass is 9.69. The van der Waals surface area contributed by atoms with Crippen LogP contribution in [-0.2, 0) is 5.41 Å². The second kappa shape index (κ2) is 5.33. The van der Waals surface area contributed by atoms with Crippen molar-refractivity contribution in [1.82, 2.24) is 4.90 Å². The first-order valence-electron chi connectivity index (χ1n) is 6.83. The molecule has 3 nitrogen and oxygen atoms in total. The molecule has 0 saturated carbocycles. The summed E-state index contributed by atoms with van der Waals surface area (Å²) >= 11 is 0. The number of carbonyl (C=O) groups excluding carboxylic acids is 1. The lowest BCUT2D eigenvalue weighted by Gasteiger charge is -2.36. The maximum atomic E-state index is 12.1. The molecule has 0 spiro atoms. The van der Waals surface area contributed by atoms with Gasteiger partial charge in [-0.3, -0.25) is 4.79 Å². The molecule has 0 unspecified atom stereocenters. The highest BCUT2D eigenvalue weighted by Gasteiger charge is 2.35. The van der Waals surface area contributed by atoms with Gasteiger partial charge in [0.2, 0.25) is 0 Å². The highest BCUT2D eigenvalue weighted by atomic mass is 16.5. The predicted molar refractivity (Wildman–Crippen MR) is 77.1 cm³/mol. The van der Waals surface area contributed by atoms with Crippen LogP contribution in [0.3, 0.4) is 0 Å². The molecular formula is C16H23NO2. The van der Waals surface area contributed by atoms with Crippen molar-refractivity contribution < 1.29 is 9.53 Å². The average molecular weight is 261 g/mol. The van der Waals surface area contributed by atoms with Crippen LogP contribution in [-0.4, -0.2) is 38.4 Å². The Morgan fingerprint density at radius 2 is 2.11 bits per heavy atom. The predicted octanol–water partition coefficient (Wildman–Crippen LogP) is 2.88. The van der Waals surface area contributed by atoms with Gasteiger partial charge in [-0.25, -0.2) is 0 Å². The van der Waals surface area contributed by atoms with E-state index in [1.807, 2.05) is 18.2 Å². The van der Waals surface area contributed by atoms with Crippen molar-refractivity contribution in [2.75, 3.05) is 27.7 Å². The zero-order chi connectivity index (χ0) is 14.0. The van der Waals surface area contributed by atoms with Crippen LogP contribution in [0.5, 0.6) is 5.75 Å². The molecule has 0 saturated heterocycles. The fourth-order valence-electron chi connectivity index (χ4n) is 2.78. The summed E-state index contributed by atoms with van der Waals surface area (Å²) in [5.74, 6) is 1.10. The molecule has 0 fully saturated rings. The Bertz CT molecular complexity index is 482. The van der Waals surface area contributed by atoms with Crippen molar-refractivity contribution in [3.8, 4) is 5.75 Å². The van der Waals surface area contributed by atoms with Crippen LogP contribution in [0, 0.1) is 0 Å². The fourth-order valence-corrected chi connectivity index (χ4v) is 2.78. The zero-order valence-electron chi connectivity index (χ0n) is 12.3. The van der Waals surface area contributed by atoms with Gasteiger partial charge < -0.3 is 9.64 Å². The van der Waals surface area contributed by atoms with E-state index in [2.05, 4.69) is 25.9 Å². The molecule has 3 heteroatoms. The van der Waals surface area contributed by atoms with Crippen LogP contribution in [0.4, 0.5) is 0 Å². The Hall–Kier alpha value is -1.35. The van der Waals surface area contributed by atoms with Crippen molar-refractivity contribution in [2.24, 2.45) is 0 Å². The number of benzene rings is 1. The van der Waals surface area contributed by atoms with E-state index < -0.39 is 0 Å². The van der Waals surface area contributed by atoms with Gasteiger partial charge in [-0.2, -0.15) is 0 Å². The number of methoxy groups -OCH3 is 1. The van der Waals surface area contributed by atoms with E-state index in [1.54, 1.807) is 7.11 Å². The summed E-state index contributed by atoms with van der Waals surface area (Å²) in [6, 6.07) is 5.85. The quantitative estimate of drug-likeness (QED) is 0.834. The van der Waals surface area contributed by atoms with Crippen molar-refractivity contribution >= 4 is 5.78 Å². The van der Waals surface area contributed by atoms with E-state index in [-0.39, 0.29) is 11.2 Å². The van der Waals surface area contributed by atoms with Crippen LogP contribution in [0.1, 0.15) is 42.1 Å². The highest BCUT2D eigenvalue weighted by molar-refractivity contribution is 5.99. The van der Waals surface area contributed by atoms with Crippen molar-refractivity contribution in [1.29, 1.82) is 0 Å². The Morgan fingerprint density at radius 3 is 2.74 bits per heavy atom. The van der Waals surface area contributed by atoms with Crippen molar-refractivity contribution in [3.63, 3.8) is 0 Å². The fraction of sp³-hybridized carbons (Fsp3) is 0.562. The molecule has 0 aliphatic heterocycles. The van der Waals surface area contributed by atoms with Gasteiger partial charge in [0.1, 0.15) is 5.75 Å². The lowest BCUT2D eigenvalue weighted by molar-refractivity contribution is 0.0950. The minimum atomic E-state index is 0.0715. The number of hydrogen-bond donors (Lipinski definition) is 0. The van der Waals surface area contributed by atoms with E-state index in [4.69, 9.17) is 4.74 Å². The van der Waals surface area contributed by atoms with Crippen molar-refractivity contribution in [3.05, 3.63) is 29.3 Å². The molecular weight excluding hydrogens is 238 g/mol. The minimum absolute atomic E-state index is 0.0715. The molecule has 19 heavy (non-hydrogen) atoms. The molecule has 1 atom stereocenters. The number of ketones is 1. The SMILES string of the molecule is COc1ccc2c(c1)[C@@](C)(CCN(C)C)CCC2=O. The molecule has 1 aliphatic rings. The molecule has 0 bridgehead atoms. The summed E-state index contributed by atoms with van der Waals surface area (Å²) in [6.07, 6.45) is 2.65. The Labute approximate surface area is 115 Å². The van der Waals surface area contributed by atoms with Crippen LogP contribution >= 0.6 is 0 Å². The normalized spacial score (nSPS) is 22.5. The van der Waals surface area contributed by atoms with Gasteiger partial charge in [0.15, 0.2) is 5.78 Å². The van der Waals surface area contributed by atoms with E-state index in [0.717, 1.165) is 36.3 Å². The molecule has 2 rings (SSSR count). The van der Waals surface area contributed by atoms with Crippen LogP contribution in [0.25, 0.3) is 0 Å². The number of rotatable bonds is 4. The first-order valence-corrected chi connectivity index (χ1v) is 6.83. The molecule has 0 radical (unpaired) electrons. The second-order valence-corrected chi connectivity index (χ2v) is 5.95. The van der Waals surface area contributed by atoms with Gasteiger partial charge >= 0.3 is 0 Å². The van der Waals surface area contributed by atoms with E-state index in [9.17, 15) is 4.79 Å². The summed E-state index contributed by atoms with van der Waals surface area (Å²) in [5, 5.41) is 0. The minimum Gasteiger partial charge on any atom is -0.497 e. The maximum Gasteiger partial charge on any atom is 0.163 e. The number of carbonyl (C=O) groups is 1. The van der Waals surface area contributed by atoms with Crippen LogP contribution in [0.2, 0.25) is 0 Å². The van der Waals surface area contributed by atoms with Gasteiger partial charge in [0.25, 0.3) is 0 Å². The third-order valence-corrected chi connectivity index (χ3v) is 4.19. The number of ether oxygens (including phenoxy) is 1. The monoisotopic (exact) mass is 261 g/mol. The lowest BCUT2D eigenvalue weighted by Crippen LogP contribution is -2.33. The molecule has 104 valence electrons. The zero-order valence-corrected chi connectivity index (χ0v) is 12.3. The number of fused-ring (bicyclic) bond motifs is 1. The first-order chi connectivity index (χ1) is 8.96. The molecule has 1 aromatic rings. The van der Waals surface area contributed by atoms with Gasteiger partial charge in [-0.1, -0.05) is 6.92 Å². The summed E-state index contributed by atoms with van der Waals surface area (Å²) in [6.45, 7) is 3.29. The largest absolute Gasteiger partial charge is 0.497 e. The summed E-state index contributed by atoms with van der Waals surface area (Å²) in [7, 11) is 5.84. The Balaban J connectivity index is 2.39. The van der Waals surface area contributed by atoms with Crippen LogP contribution in [0.15, 0.2) is 18.2 Å². The summed E-state index contributed by atoms with van der Waals surface area (Å²) in [5.41, 5.74) is 2.11. The van der Waals surface area contributed by atoms with E-state index in [0.29, 0.717) is 6.42 Å². The van der Waals surface area contributed by atoms with Gasteiger partial charge in [-0.15, -0.1) is 0 Å². The van der Waals surface area contributed by atoms with Crippen molar-refractivity contribution in [2.45, 2.75) is 31.6 Å². The highest BCUT2D eigenvalue weighted by Crippen LogP contribution is 2.41. The third kappa shape index (κ3) is 2.81. The standard InChI is InChI=1S/C16H23NO2/c1-16(9-10-17(2)3)8-7-15(18)13-6-5-12(19-4)11-14(13)16/h5-6,11H,7-10H2,1-4H3/t16-/m1/s1. The van der Waals surface area contributed by atoms with Crippen LogP contribution < -0.4 is 4.74 Å². The molecule has 1 aromatic carbocycles. The topological polar surface area (TPSA) is 29.5 Å². The van der Waals surface area contributed by atoms with Gasteiger partial charge in [0, 0.05) is 12.0 Å². The number of hydrogen-bond acceptors (Lipinski definition) is 3.